The van der Waals surface area contributed by atoms with E-state index >= 15 is 0 Å². The first kappa shape index (κ1) is 22.4. The maximum Gasteiger partial charge on any atom is 0.416 e. The number of nitrogens with zero attached hydrogens (tertiary/aromatic N) is 2. The molecule has 3 rings (SSSR count). The lowest BCUT2D eigenvalue weighted by molar-refractivity contribution is -0.137. The van der Waals surface area contributed by atoms with Crippen LogP contribution in [0.1, 0.15) is 36.5 Å². The number of benzene rings is 2. The fourth-order valence-electron chi connectivity index (χ4n) is 3.12. The van der Waals surface area contributed by atoms with Crippen molar-refractivity contribution in [1.29, 1.82) is 0 Å². The summed E-state index contributed by atoms with van der Waals surface area (Å²) < 4.78 is 38.2. The molecule has 160 valence electrons. The Morgan fingerprint density at radius 2 is 1.87 bits per heavy atom. The molecular formula is C21H19Cl2F3N2O2. The third-order valence-electron chi connectivity index (χ3n) is 4.72. The molecule has 4 nitrogen and oxygen atoms in total. The summed E-state index contributed by atoms with van der Waals surface area (Å²) >= 11 is 12.0. The van der Waals surface area contributed by atoms with Gasteiger partial charge in [0.05, 0.1) is 27.9 Å². The number of oxime groups is 1. The minimum atomic E-state index is -4.40. The maximum absolute atomic E-state index is 12.7. The molecule has 0 spiro atoms. The second-order valence-electron chi connectivity index (χ2n) is 6.92. The molecule has 0 bridgehead atoms. The van der Waals surface area contributed by atoms with Crippen LogP contribution in [0.3, 0.4) is 0 Å². The first-order chi connectivity index (χ1) is 14.2. The third kappa shape index (κ3) is 5.46. The molecule has 2 aromatic rings. The molecule has 0 N–H and O–H groups in total. The van der Waals surface area contributed by atoms with Gasteiger partial charge in [-0.1, -0.05) is 53.5 Å². The summed E-state index contributed by atoms with van der Waals surface area (Å²) in [5.41, 5.74) is 1.35. The monoisotopic (exact) mass is 458 g/mol. The number of hydrogen-bond acceptors (Lipinski definition) is 3. The fraction of sp³-hybridized carbons (Fsp3) is 0.333. The molecule has 0 saturated carbocycles. The predicted octanol–water partition coefficient (Wildman–Crippen LogP) is 5.94. The van der Waals surface area contributed by atoms with Crippen LogP contribution in [-0.4, -0.2) is 29.2 Å². The lowest BCUT2D eigenvalue weighted by atomic mass is 10.0. The highest BCUT2D eigenvalue weighted by atomic mass is 35.5. The molecule has 1 unspecified atom stereocenters. The van der Waals surface area contributed by atoms with Crippen molar-refractivity contribution in [1.82, 2.24) is 4.90 Å². The van der Waals surface area contributed by atoms with E-state index in [1.807, 2.05) is 0 Å². The SMILES string of the molecule is CCC(=O)N(Cc1ccc(C(F)(F)F)cc1)CC1CC(c2ccc(Cl)c(Cl)c2)=NO1. The molecule has 0 fully saturated rings. The third-order valence-corrected chi connectivity index (χ3v) is 5.46. The van der Waals surface area contributed by atoms with Crippen LogP contribution < -0.4 is 0 Å². The zero-order chi connectivity index (χ0) is 21.9. The van der Waals surface area contributed by atoms with E-state index in [9.17, 15) is 18.0 Å². The fourth-order valence-corrected chi connectivity index (χ4v) is 3.41. The van der Waals surface area contributed by atoms with Crippen LogP contribution in [0.25, 0.3) is 0 Å². The van der Waals surface area contributed by atoms with Crippen molar-refractivity contribution < 1.29 is 22.8 Å². The van der Waals surface area contributed by atoms with Gasteiger partial charge in [0, 0.05) is 24.9 Å². The largest absolute Gasteiger partial charge is 0.416 e. The Labute approximate surface area is 182 Å². The number of alkyl halides is 3. The lowest BCUT2D eigenvalue weighted by Gasteiger charge is -2.24. The molecular weight excluding hydrogens is 440 g/mol. The van der Waals surface area contributed by atoms with Crippen molar-refractivity contribution in [3.05, 3.63) is 69.2 Å². The van der Waals surface area contributed by atoms with Crippen LogP contribution >= 0.6 is 23.2 Å². The normalized spacial score (nSPS) is 16.2. The molecule has 30 heavy (non-hydrogen) atoms. The minimum absolute atomic E-state index is 0.124. The van der Waals surface area contributed by atoms with Gasteiger partial charge in [-0.15, -0.1) is 0 Å². The zero-order valence-electron chi connectivity index (χ0n) is 16.0. The van der Waals surface area contributed by atoms with Gasteiger partial charge in [-0.3, -0.25) is 4.79 Å². The van der Waals surface area contributed by atoms with Crippen LogP contribution in [0.5, 0.6) is 0 Å². The summed E-state index contributed by atoms with van der Waals surface area (Å²) in [6, 6.07) is 9.95. The average Bonchev–Trinajstić information content (AvgIpc) is 3.17. The van der Waals surface area contributed by atoms with Gasteiger partial charge in [-0.05, 0) is 29.8 Å². The first-order valence-corrected chi connectivity index (χ1v) is 10.0. The van der Waals surface area contributed by atoms with Crippen LogP contribution in [0.4, 0.5) is 13.2 Å². The maximum atomic E-state index is 12.7. The number of rotatable bonds is 6. The molecule has 1 amide bonds. The molecule has 1 heterocycles. The van der Waals surface area contributed by atoms with E-state index in [4.69, 9.17) is 28.0 Å². The average molecular weight is 459 g/mol. The van der Waals surface area contributed by atoms with E-state index in [0.717, 1.165) is 17.7 Å². The number of amides is 1. The molecule has 1 atom stereocenters. The van der Waals surface area contributed by atoms with Crippen molar-refractivity contribution in [3.63, 3.8) is 0 Å². The zero-order valence-corrected chi connectivity index (χ0v) is 17.6. The van der Waals surface area contributed by atoms with Crippen LogP contribution in [0.15, 0.2) is 47.6 Å². The van der Waals surface area contributed by atoms with Crippen molar-refractivity contribution in [3.8, 4) is 0 Å². The van der Waals surface area contributed by atoms with Gasteiger partial charge in [0.2, 0.25) is 5.91 Å². The van der Waals surface area contributed by atoms with Crippen molar-refractivity contribution in [2.45, 2.75) is 38.6 Å². The van der Waals surface area contributed by atoms with E-state index in [1.165, 1.54) is 12.1 Å². The molecule has 0 aromatic heterocycles. The van der Waals surface area contributed by atoms with E-state index in [-0.39, 0.29) is 31.5 Å². The van der Waals surface area contributed by atoms with E-state index in [0.29, 0.717) is 27.7 Å². The molecule has 1 aliphatic heterocycles. The van der Waals surface area contributed by atoms with Gasteiger partial charge >= 0.3 is 6.18 Å². The molecule has 0 aliphatic carbocycles. The minimum Gasteiger partial charge on any atom is -0.390 e. The Morgan fingerprint density at radius 1 is 1.17 bits per heavy atom. The van der Waals surface area contributed by atoms with E-state index < -0.39 is 11.7 Å². The van der Waals surface area contributed by atoms with Gasteiger partial charge in [0.25, 0.3) is 0 Å². The van der Waals surface area contributed by atoms with E-state index in [2.05, 4.69) is 5.16 Å². The second-order valence-corrected chi connectivity index (χ2v) is 7.74. The summed E-state index contributed by atoms with van der Waals surface area (Å²) in [5, 5.41) is 4.94. The Hall–Kier alpha value is -2.25. The number of carbonyl (C=O) groups is 1. The molecule has 0 saturated heterocycles. The quantitative estimate of drug-likeness (QED) is 0.536. The highest BCUT2D eigenvalue weighted by Crippen LogP contribution is 2.29. The molecule has 0 radical (unpaired) electrons. The summed E-state index contributed by atoms with van der Waals surface area (Å²) in [4.78, 5) is 19.4. The Kier molecular flexibility index (Phi) is 6.93. The summed E-state index contributed by atoms with van der Waals surface area (Å²) in [6.45, 7) is 2.18. The molecule has 2 aromatic carbocycles. The highest BCUT2D eigenvalue weighted by molar-refractivity contribution is 6.42. The van der Waals surface area contributed by atoms with E-state index in [1.54, 1.807) is 30.0 Å². The topological polar surface area (TPSA) is 41.9 Å². The van der Waals surface area contributed by atoms with Gasteiger partial charge in [0.15, 0.2) is 6.10 Å². The predicted molar refractivity (Wildman–Crippen MR) is 110 cm³/mol. The first-order valence-electron chi connectivity index (χ1n) is 9.29. The Morgan fingerprint density at radius 3 is 2.47 bits per heavy atom. The summed E-state index contributed by atoms with van der Waals surface area (Å²) in [7, 11) is 0. The van der Waals surface area contributed by atoms with Crippen molar-refractivity contribution in [2.75, 3.05) is 6.54 Å². The molecule has 9 heteroatoms. The second kappa shape index (κ2) is 9.27. The van der Waals surface area contributed by atoms with Crippen LogP contribution in [0.2, 0.25) is 10.0 Å². The lowest BCUT2D eigenvalue weighted by Crippen LogP contribution is -2.36. The van der Waals surface area contributed by atoms with Crippen LogP contribution in [-0.2, 0) is 22.4 Å². The summed E-state index contributed by atoms with van der Waals surface area (Å²) in [6.07, 6.45) is -4.01. The Balaban J connectivity index is 1.66. The number of halogens is 5. The van der Waals surface area contributed by atoms with Gasteiger partial charge in [0.1, 0.15) is 0 Å². The smallest absolute Gasteiger partial charge is 0.390 e. The standard InChI is InChI=1S/C21H19Cl2F3N2O2/c1-2-20(29)28(11-13-3-6-15(7-4-13)21(24,25)26)12-16-10-19(27-30-16)14-5-8-17(22)18(23)9-14/h3-9,16H,2,10-12H2,1H3. The summed E-state index contributed by atoms with van der Waals surface area (Å²) in [5.74, 6) is -0.124. The van der Waals surface area contributed by atoms with Crippen molar-refractivity contribution in [2.24, 2.45) is 5.16 Å². The van der Waals surface area contributed by atoms with Gasteiger partial charge in [-0.2, -0.15) is 13.2 Å². The number of carbonyl (C=O) groups excluding carboxylic acids is 1. The number of hydrogen-bond donors (Lipinski definition) is 0. The highest BCUT2D eigenvalue weighted by Gasteiger charge is 2.30. The molecule has 1 aliphatic rings. The van der Waals surface area contributed by atoms with Gasteiger partial charge < -0.3 is 9.74 Å². The Bertz CT molecular complexity index is 946. The van der Waals surface area contributed by atoms with Crippen molar-refractivity contribution >= 4 is 34.8 Å². The van der Waals surface area contributed by atoms with Crippen LogP contribution in [0, 0.1) is 0 Å². The van der Waals surface area contributed by atoms with Gasteiger partial charge in [-0.25, -0.2) is 0 Å².